The van der Waals surface area contributed by atoms with Crippen LogP contribution in [0.15, 0.2) is 69.9 Å². The molecule has 25 heavy (non-hydrogen) atoms. The molecular formula is C19H16BrN3O2. The third-order valence-electron chi connectivity index (χ3n) is 3.78. The first kappa shape index (κ1) is 17.1. The Morgan fingerprint density at radius 1 is 1.12 bits per heavy atom. The fourth-order valence-corrected chi connectivity index (χ4v) is 2.89. The highest BCUT2D eigenvalue weighted by atomic mass is 79.9. The molecule has 0 spiro atoms. The molecule has 0 saturated carbocycles. The number of carbonyl (C=O) groups is 1. The largest absolute Gasteiger partial charge is 0.347 e. The molecular weight excluding hydrogens is 382 g/mol. The monoisotopic (exact) mass is 397 g/mol. The van der Waals surface area contributed by atoms with Crippen LogP contribution in [0.3, 0.4) is 0 Å². The Labute approximate surface area is 153 Å². The fourth-order valence-electron chi connectivity index (χ4n) is 2.41. The van der Waals surface area contributed by atoms with Crippen LogP contribution < -0.4 is 10.9 Å². The lowest BCUT2D eigenvalue weighted by molar-refractivity contribution is 0.0944. The van der Waals surface area contributed by atoms with Crippen molar-refractivity contribution in [2.75, 3.05) is 0 Å². The first-order valence-corrected chi connectivity index (χ1v) is 8.53. The average Bonchev–Trinajstić information content (AvgIpc) is 2.62. The van der Waals surface area contributed by atoms with Gasteiger partial charge in [0.2, 0.25) is 0 Å². The SMILES string of the molecule is Cc1cc(Br)ccc1CNC(=O)c1ccc(=O)n(-c2ccccc2)n1. The van der Waals surface area contributed by atoms with Crippen LogP contribution in [0.2, 0.25) is 0 Å². The van der Waals surface area contributed by atoms with Crippen LogP contribution in [0.1, 0.15) is 21.6 Å². The Morgan fingerprint density at radius 3 is 2.60 bits per heavy atom. The van der Waals surface area contributed by atoms with Crippen molar-refractivity contribution < 1.29 is 4.79 Å². The Morgan fingerprint density at radius 2 is 1.88 bits per heavy atom. The van der Waals surface area contributed by atoms with Crippen molar-refractivity contribution in [1.82, 2.24) is 15.1 Å². The van der Waals surface area contributed by atoms with E-state index < -0.39 is 0 Å². The number of amides is 1. The number of rotatable bonds is 4. The van der Waals surface area contributed by atoms with Crippen molar-refractivity contribution in [2.24, 2.45) is 0 Å². The quantitative estimate of drug-likeness (QED) is 0.734. The predicted molar refractivity (Wildman–Crippen MR) is 99.9 cm³/mol. The molecule has 6 heteroatoms. The van der Waals surface area contributed by atoms with Crippen LogP contribution in [0.5, 0.6) is 0 Å². The van der Waals surface area contributed by atoms with Crippen LogP contribution in [0.25, 0.3) is 5.69 Å². The van der Waals surface area contributed by atoms with Crippen LogP contribution in [0, 0.1) is 6.92 Å². The maximum Gasteiger partial charge on any atom is 0.272 e. The Balaban J connectivity index is 1.80. The van der Waals surface area contributed by atoms with Gasteiger partial charge >= 0.3 is 0 Å². The van der Waals surface area contributed by atoms with Crippen molar-refractivity contribution in [1.29, 1.82) is 0 Å². The smallest absolute Gasteiger partial charge is 0.272 e. The van der Waals surface area contributed by atoms with Crippen LogP contribution in [-0.4, -0.2) is 15.7 Å². The Bertz CT molecular complexity index is 968. The van der Waals surface area contributed by atoms with Gasteiger partial charge in [-0.3, -0.25) is 9.59 Å². The first-order chi connectivity index (χ1) is 12.0. The van der Waals surface area contributed by atoms with Gasteiger partial charge in [-0.25, -0.2) is 0 Å². The summed E-state index contributed by atoms with van der Waals surface area (Å²) >= 11 is 3.42. The lowest BCUT2D eigenvalue weighted by Crippen LogP contribution is -2.28. The number of nitrogens with one attached hydrogen (secondary N) is 1. The average molecular weight is 398 g/mol. The maximum atomic E-state index is 12.4. The van der Waals surface area contributed by atoms with Gasteiger partial charge in [-0.05, 0) is 48.4 Å². The number of aryl methyl sites for hydroxylation is 1. The third-order valence-corrected chi connectivity index (χ3v) is 4.27. The maximum absolute atomic E-state index is 12.4. The summed E-state index contributed by atoms with van der Waals surface area (Å²) < 4.78 is 2.22. The second-order valence-corrected chi connectivity index (χ2v) is 6.47. The molecule has 1 aromatic heterocycles. The highest BCUT2D eigenvalue weighted by Crippen LogP contribution is 2.15. The number of nitrogens with zero attached hydrogens (tertiary/aromatic N) is 2. The van der Waals surface area contributed by atoms with Crippen molar-refractivity contribution in [3.05, 3.63) is 92.3 Å². The minimum Gasteiger partial charge on any atom is -0.347 e. The van der Waals surface area contributed by atoms with E-state index >= 15 is 0 Å². The normalized spacial score (nSPS) is 10.5. The molecule has 0 fully saturated rings. The summed E-state index contributed by atoms with van der Waals surface area (Å²) in [5.74, 6) is -0.327. The van der Waals surface area contributed by atoms with Crippen LogP contribution in [-0.2, 0) is 6.54 Å². The van der Waals surface area contributed by atoms with Gasteiger partial charge in [-0.1, -0.05) is 40.2 Å². The van der Waals surface area contributed by atoms with Crippen molar-refractivity contribution in [3.63, 3.8) is 0 Å². The van der Waals surface area contributed by atoms with Gasteiger partial charge in [0.25, 0.3) is 11.5 Å². The lowest BCUT2D eigenvalue weighted by Gasteiger charge is -2.09. The molecule has 5 nitrogen and oxygen atoms in total. The summed E-state index contributed by atoms with van der Waals surface area (Å²) in [6.45, 7) is 2.38. The van der Waals surface area contributed by atoms with E-state index in [9.17, 15) is 9.59 Å². The zero-order valence-corrected chi connectivity index (χ0v) is 15.2. The zero-order valence-electron chi connectivity index (χ0n) is 13.6. The first-order valence-electron chi connectivity index (χ1n) is 7.73. The zero-order chi connectivity index (χ0) is 17.8. The molecule has 0 radical (unpaired) electrons. The number of halogens is 1. The van der Waals surface area contributed by atoms with Crippen molar-refractivity contribution >= 4 is 21.8 Å². The standard InChI is InChI=1S/C19H16BrN3O2/c1-13-11-15(20)8-7-14(13)12-21-19(25)17-9-10-18(24)23(22-17)16-5-3-2-4-6-16/h2-11H,12H2,1H3,(H,21,25). The van der Waals surface area contributed by atoms with Gasteiger partial charge in [0.15, 0.2) is 0 Å². The topological polar surface area (TPSA) is 64.0 Å². The summed E-state index contributed by atoms with van der Waals surface area (Å²) in [6.07, 6.45) is 0. The molecule has 3 rings (SSSR count). The van der Waals surface area contributed by atoms with Gasteiger partial charge < -0.3 is 5.32 Å². The number of para-hydroxylation sites is 1. The molecule has 126 valence electrons. The summed E-state index contributed by atoms with van der Waals surface area (Å²) in [7, 11) is 0. The van der Waals surface area contributed by atoms with E-state index in [1.165, 1.54) is 16.8 Å². The van der Waals surface area contributed by atoms with E-state index in [0.29, 0.717) is 12.2 Å². The molecule has 0 aliphatic rings. The molecule has 0 unspecified atom stereocenters. The number of benzene rings is 2. The second kappa shape index (κ2) is 7.44. The van der Waals surface area contributed by atoms with E-state index in [0.717, 1.165) is 15.6 Å². The number of hydrogen-bond donors (Lipinski definition) is 1. The number of hydrogen-bond acceptors (Lipinski definition) is 3. The molecule has 0 aliphatic carbocycles. The molecule has 2 aromatic carbocycles. The number of carbonyl (C=O) groups excluding carboxylic acids is 1. The minimum absolute atomic E-state index is 0.193. The Hall–Kier alpha value is -2.73. The predicted octanol–water partition coefficient (Wildman–Crippen LogP) is 3.23. The summed E-state index contributed by atoms with van der Waals surface area (Å²) in [5.41, 5.74) is 2.63. The third kappa shape index (κ3) is 4.03. The molecule has 0 atom stereocenters. The molecule has 0 aliphatic heterocycles. The molecule has 1 heterocycles. The molecule has 1 N–H and O–H groups in total. The van der Waals surface area contributed by atoms with Gasteiger partial charge in [-0.2, -0.15) is 9.78 Å². The van der Waals surface area contributed by atoms with E-state index in [2.05, 4.69) is 26.3 Å². The summed E-state index contributed by atoms with van der Waals surface area (Å²) in [6, 6.07) is 17.7. The Kier molecular flexibility index (Phi) is 5.09. The molecule has 0 bridgehead atoms. The molecule has 1 amide bonds. The van der Waals surface area contributed by atoms with Crippen LogP contribution in [0.4, 0.5) is 0 Å². The van der Waals surface area contributed by atoms with Gasteiger partial charge in [0.05, 0.1) is 5.69 Å². The minimum atomic E-state index is -0.327. The van der Waals surface area contributed by atoms with Gasteiger partial charge in [0, 0.05) is 17.1 Å². The van der Waals surface area contributed by atoms with Gasteiger partial charge in [-0.15, -0.1) is 0 Å². The van der Waals surface area contributed by atoms with E-state index in [1.54, 1.807) is 12.1 Å². The molecule has 0 saturated heterocycles. The van der Waals surface area contributed by atoms with E-state index in [4.69, 9.17) is 0 Å². The summed E-state index contributed by atoms with van der Waals surface area (Å²) in [5, 5.41) is 7.02. The van der Waals surface area contributed by atoms with E-state index in [-0.39, 0.29) is 17.2 Å². The van der Waals surface area contributed by atoms with Crippen molar-refractivity contribution in [3.8, 4) is 5.69 Å². The lowest BCUT2D eigenvalue weighted by atomic mass is 10.1. The number of aromatic nitrogens is 2. The van der Waals surface area contributed by atoms with Crippen LogP contribution >= 0.6 is 15.9 Å². The summed E-state index contributed by atoms with van der Waals surface area (Å²) in [4.78, 5) is 24.4. The fraction of sp³-hybridized carbons (Fsp3) is 0.105. The highest BCUT2D eigenvalue weighted by Gasteiger charge is 2.11. The molecule has 3 aromatic rings. The second-order valence-electron chi connectivity index (χ2n) is 5.56. The van der Waals surface area contributed by atoms with Gasteiger partial charge in [0.1, 0.15) is 5.69 Å². The highest BCUT2D eigenvalue weighted by molar-refractivity contribution is 9.10. The van der Waals surface area contributed by atoms with E-state index in [1.807, 2.05) is 43.3 Å². The van der Waals surface area contributed by atoms with Crippen molar-refractivity contribution in [2.45, 2.75) is 13.5 Å².